The minimum atomic E-state index is 0.504. The molecule has 1 aromatic carbocycles. The number of nitrogens with two attached hydrogens (primary N) is 1. The fraction of sp³-hybridized carbons (Fsp3) is 0.500. The van der Waals surface area contributed by atoms with Gasteiger partial charge in [0.2, 0.25) is 0 Å². The first kappa shape index (κ1) is 10.8. The van der Waals surface area contributed by atoms with Gasteiger partial charge in [-0.25, -0.2) is 0 Å². The molecule has 0 spiro atoms. The zero-order valence-electron chi connectivity index (χ0n) is 9.12. The Morgan fingerprint density at radius 1 is 1.53 bits per heavy atom. The summed E-state index contributed by atoms with van der Waals surface area (Å²) < 4.78 is 0. The molecular formula is C12H18N2S. The smallest absolute Gasteiger partial charge is 0.0481 e. The minimum Gasteiger partial charge on any atom is -0.383 e. The van der Waals surface area contributed by atoms with Crippen LogP contribution in [0.5, 0.6) is 0 Å². The van der Waals surface area contributed by atoms with E-state index in [1.165, 1.54) is 21.9 Å². The summed E-state index contributed by atoms with van der Waals surface area (Å²) in [6.07, 6.45) is 1.11. The maximum Gasteiger partial charge on any atom is 0.0481 e. The van der Waals surface area contributed by atoms with Crippen LogP contribution in [0.25, 0.3) is 0 Å². The van der Waals surface area contributed by atoms with E-state index in [0.29, 0.717) is 5.92 Å². The molecule has 1 aromatic rings. The Balaban J connectivity index is 2.27. The average Bonchev–Trinajstić information content (AvgIpc) is 2.30. The molecule has 2 rings (SSSR count). The van der Waals surface area contributed by atoms with Crippen molar-refractivity contribution < 1.29 is 0 Å². The molecule has 0 amide bonds. The molecule has 15 heavy (non-hydrogen) atoms. The van der Waals surface area contributed by atoms with Gasteiger partial charge in [-0.3, -0.25) is 0 Å². The molecule has 1 atom stereocenters. The molecule has 1 aliphatic heterocycles. The van der Waals surface area contributed by atoms with Gasteiger partial charge in [0.1, 0.15) is 0 Å². The van der Waals surface area contributed by atoms with E-state index in [-0.39, 0.29) is 0 Å². The number of benzene rings is 1. The van der Waals surface area contributed by atoms with Gasteiger partial charge < -0.3 is 11.1 Å². The lowest BCUT2D eigenvalue weighted by molar-refractivity contribution is 0.674. The van der Waals surface area contributed by atoms with Crippen molar-refractivity contribution in [1.82, 2.24) is 0 Å². The molecule has 0 saturated heterocycles. The highest BCUT2D eigenvalue weighted by atomic mass is 32.2. The van der Waals surface area contributed by atoms with Crippen molar-refractivity contribution in [3.05, 3.63) is 23.8 Å². The van der Waals surface area contributed by atoms with Gasteiger partial charge in [-0.15, -0.1) is 11.8 Å². The zero-order valence-corrected chi connectivity index (χ0v) is 9.94. The third-order valence-electron chi connectivity index (χ3n) is 2.93. The van der Waals surface area contributed by atoms with Crippen molar-refractivity contribution in [2.24, 2.45) is 5.73 Å². The molecule has 2 nitrogen and oxygen atoms in total. The Kier molecular flexibility index (Phi) is 3.54. The molecule has 0 fully saturated rings. The molecule has 0 saturated carbocycles. The van der Waals surface area contributed by atoms with E-state index in [1.54, 1.807) is 0 Å². The van der Waals surface area contributed by atoms with Gasteiger partial charge in [-0.05, 0) is 36.6 Å². The molecule has 0 radical (unpaired) electrons. The van der Waals surface area contributed by atoms with E-state index >= 15 is 0 Å². The van der Waals surface area contributed by atoms with Crippen LogP contribution in [-0.4, -0.2) is 18.8 Å². The quantitative estimate of drug-likeness (QED) is 0.825. The summed E-state index contributed by atoms with van der Waals surface area (Å²) in [5.74, 6) is 1.67. The van der Waals surface area contributed by atoms with E-state index in [9.17, 15) is 0 Å². The summed E-state index contributed by atoms with van der Waals surface area (Å²) in [6, 6.07) is 6.71. The predicted molar refractivity (Wildman–Crippen MR) is 67.7 cm³/mol. The van der Waals surface area contributed by atoms with Crippen molar-refractivity contribution in [2.45, 2.75) is 24.2 Å². The topological polar surface area (TPSA) is 38.0 Å². The van der Waals surface area contributed by atoms with Gasteiger partial charge in [-0.1, -0.05) is 13.0 Å². The van der Waals surface area contributed by atoms with E-state index in [0.717, 1.165) is 19.5 Å². The summed E-state index contributed by atoms with van der Waals surface area (Å²) in [5, 5.41) is 3.44. The number of rotatable bonds is 3. The van der Waals surface area contributed by atoms with Gasteiger partial charge in [0.05, 0.1) is 0 Å². The predicted octanol–water partition coefficient (Wildman–Crippen LogP) is 2.66. The average molecular weight is 222 g/mol. The molecule has 3 heteroatoms. The van der Waals surface area contributed by atoms with Gasteiger partial charge in [0.15, 0.2) is 0 Å². The van der Waals surface area contributed by atoms with Crippen LogP contribution >= 0.6 is 11.8 Å². The van der Waals surface area contributed by atoms with Gasteiger partial charge in [0, 0.05) is 22.9 Å². The Labute approximate surface area is 95.6 Å². The third kappa shape index (κ3) is 2.29. The van der Waals surface area contributed by atoms with E-state index in [1.807, 2.05) is 11.8 Å². The molecule has 0 aliphatic carbocycles. The summed E-state index contributed by atoms with van der Waals surface area (Å²) in [7, 11) is 0. The van der Waals surface area contributed by atoms with Crippen LogP contribution in [0.2, 0.25) is 0 Å². The number of anilines is 1. The SMILES string of the molecule is CCC(CN)c1ccc2c(c1)NCCS2. The van der Waals surface area contributed by atoms with Crippen LogP contribution in [0.4, 0.5) is 5.69 Å². The number of hydrogen-bond donors (Lipinski definition) is 2. The Bertz CT molecular complexity index is 334. The van der Waals surface area contributed by atoms with Gasteiger partial charge >= 0.3 is 0 Å². The van der Waals surface area contributed by atoms with Crippen LogP contribution in [-0.2, 0) is 0 Å². The molecule has 1 unspecified atom stereocenters. The summed E-state index contributed by atoms with van der Waals surface area (Å²) in [4.78, 5) is 1.37. The van der Waals surface area contributed by atoms with Crippen molar-refractivity contribution >= 4 is 17.4 Å². The van der Waals surface area contributed by atoms with Crippen molar-refractivity contribution in [3.8, 4) is 0 Å². The molecule has 0 aromatic heterocycles. The van der Waals surface area contributed by atoms with Gasteiger partial charge in [0.25, 0.3) is 0 Å². The number of hydrogen-bond acceptors (Lipinski definition) is 3. The summed E-state index contributed by atoms with van der Waals surface area (Å²) in [6.45, 7) is 4.00. The normalized spacial score (nSPS) is 16.7. The summed E-state index contributed by atoms with van der Waals surface area (Å²) in [5.41, 5.74) is 8.42. The third-order valence-corrected chi connectivity index (χ3v) is 4.00. The highest BCUT2D eigenvalue weighted by molar-refractivity contribution is 7.99. The fourth-order valence-corrected chi connectivity index (χ4v) is 2.83. The number of fused-ring (bicyclic) bond motifs is 1. The molecule has 0 bridgehead atoms. The second kappa shape index (κ2) is 4.90. The first-order valence-electron chi connectivity index (χ1n) is 5.55. The first-order chi connectivity index (χ1) is 7.35. The summed E-state index contributed by atoms with van der Waals surface area (Å²) >= 11 is 1.93. The largest absolute Gasteiger partial charge is 0.383 e. The highest BCUT2D eigenvalue weighted by Gasteiger charge is 2.12. The Hall–Kier alpha value is -0.670. The molecule has 1 heterocycles. The van der Waals surface area contributed by atoms with Crippen molar-refractivity contribution in [2.75, 3.05) is 24.2 Å². The standard InChI is InChI=1S/C12H18N2S/c1-2-9(8-13)10-3-4-12-11(7-10)14-5-6-15-12/h3-4,7,9,14H,2,5-6,8,13H2,1H3. The van der Waals surface area contributed by atoms with Crippen molar-refractivity contribution in [1.29, 1.82) is 0 Å². The van der Waals surface area contributed by atoms with Crippen LogP contribution in [0.3, 0.4) is 0 Å². The Morgan fingerprint density at radius 3 is 3.13 bits per heavy atom. The van der Waals surface area contributed by atoms with Crippen LogP contribution in [0.15, 0.2) is 23.1 Å². The highest BCUT2D eigenvalue weighted by Crippen LogP contribution is 2.33. The maximum atomic E-state index is 5.77. The Morgan fingerprint density at radius 2 is 2.40 bits per heavy atom. The molecule has 1 aliphatic rings. The van der Waals surface area contributed by atoms with Crippen molar-refractivity contribution in [3.63, 3.8) is 0 Å². The number of nitrogens with one attached hydrogen (secondary N) is 1. The van der Waals surface area contributed by atoms with Crippen LogP contribution < -0.4 is 11.1 Å². The van der Waals surface area contributed by atoms with Crippen LogP contribution in [0, 0.1) is 0 Å². The second-order valence-electron chi connectivity index (χ2n) is 3.87. The fourth-order valence-electron chi connectivity index (χ4n) is 1.95. The molecular weight excluding hydrogens is 204 g/mol. The van der Waals surface area contributed by atoms with E-state index in [4.69, 9.17) is 5.73 Å². The lowest BCUT2D eigenvalue weighted by Crippen LogP contribution is -2.14. The number of thioether (sulfide) groups is 1. The molecule has 3 N–H and O–H groups in total. The first-order valence-corrected chi connectivity index (χ1v) is 6.54. The zero-order chi connectivity index (χ0) is 10.7. The van der Waals surface area contributed by atoms with Gasteiger partial charge in [-0.2, -0.15) is 0 Å². The lowest BCUT2D eigenvalue weighted by Gasteiger charge is -2.20. The molecule has 82 valence electrons. The van der Waals surface area contributed by atoms with Crippen LogP contribution in [0.1, 0.15) is 24.8 Å². The minimum absolute atomic E-state index is 0.504. The maximum absolute atomic E-state index is 5.77. The lowest BCUT2D eigenvalue weighted by atomic mass is 9.96. The van der Waals surface area contributed by atoms with E-state index < -0.39 is 0 Å². The monoisotopic (exact) mass is 222 g/mol. The van der Waals surface area contributed by atoms with E-state index in [2.05, 4.69) is 30.4 Å². The second-order valence-corrected chi connectivity index (χ2v) is 5.01.